The molecule has 0 aliphatic heterocycles. The lowest BCUT2D eigenvalue weighted by Crippen LogP contribution is -2.32. The second-order valence-corrected chi connectivity index (χ2v) is 5.78. The van der Waals surface area contributed by atoms with Crippen molar-refractivity contribution in [3.05, 3.63) is 0 Å². The van der Waals surface area contributed by atoms with Crippen molar-refractivity contribution in [2.45, 2.75) is 64.3 Å². The largest absolute Gasteiger partial charge is 0.354 e. The highest BCUT2D eigenvalue weighted by molar-refractivity contribution is 9.09. The zero-order valence-electron chi connectivity index (χ0n) is 10.3. The Hall–Kier alpha value is -0.0500. The number of hydrogen-bond donors (Lipinski definition) is 1. The molecule has 1 atom stereocenters. The summed E-state index contributed by atoms with van der Waals surface area (Å²) in [5.41, 5.74) is 0. The minimum absolute atomic E-state index is 0.235. The summed E-state index contributed by atoms with van der Waals surface area (Å²) in [6, 6.07) is 0.304. The number of nitrogens with one attached hydrogen (secondary N) is 1. The van der Waals surface area contributed by atoms with E-state index in [2.05, 4.69) is 28.2 Å². The van der Waals surface area contributed by atoms with Crippen molar-refractivity contribution in [3.63, 3.8) is 0 Å². The van der Waals surface area contributed by atoms with Gasteiger partial charge in [-0.1, -0.05) is 48.0 Å². The average molecular weight is 290 g/mol. The van der Waals surface area contributed by atoms with Gasteiger partial charge in [-0.05, 0) is 25.7 Å². The molecule has 1 N–H and O–H groups in total. The van der Waals surface area contributed by atoms with E-state index in [0.717, 1.165) is 30.5 Å². The van der Waals surface area contributed by atoms with Gasteiger partial charge >= 0.3 is 0 Å². The molecule has 3 heteroatoms. The molecule has 0 spiro atoms. The molecule has 1 rings (SSSR count). The highest BCUT2D eigenvalue weighted by Crippen LogP contribution is 2.27. The molecule has 1 aliphatic rings. The molecule has 1 saturated carbocycles. The second-order valence-electron chi connectivity index (χ2n) is 4.99. The molecular weight excluding hydrogens is 266 g/mol. The molecule has 1 aliphatic carbocycles. The number of carbonyl (C=O) groups is 1. The summed E-state index contributed by atoms with van der Waals surface area (Å²) in [6.45, 7) is 2.07. The Morgan fingerprint density at radius 3 is 2.69 bits per heavy atom. The summed E-state index contributed by atoms with van der Waals surface area (Å²) in [4.78, 5) is 11.6. The van der Waals surface area contributed by atoms with Crippen LogP contribution in [0.1, 0.15) is 58.3 Å². The first-order valence-corrected chi connectivity index (χ1v) is 7.70. The number of rotatable bonds is 6. The molecule has 16 heavy (non-hydrogen) atoms. The van der Waals surface area contributed by atoms with E-state index in [1.807, 2.05) is 0 Å². The number of hydrogen-bond acceptors (Lipinski definition) is 1. The van der Waals surface area contributed by atoms with Gasteiger partial charge in [-0.2, -0.15) is 0 Å². The maximum atomic E-state index is 11.6. The Morgan fingerprint density at radius 2 is 2.06 bits per heavy atom. The first-order valence-electron chi connectivity index (χ1n) is 6.57. The molecule has 1 fully saturated rings. The van der Waals surface area contributed by atoms with E-state index in [1.54, 1.807) is 0 Å². The van der Waals surface area contributed by atoms with Crippen molar-refractivity contribution < 1.29 is 4.79 Å². The molecule has 2 nitrogen and oxygen atoms in total. The highest BCUT2D eigenvalue weighted by atomic mass is 79.9. The maximum absolute atomic E-state index is 11.6. The molecule has 0 aromatic rings. The van der Waals surface area contributed by atoms with Crippen LogP contribution in [-0.4, -0.2) is 17.3 Å². The van der Waals surface area contributed by atoms with Crippen molar-refractivity contribution in [1.82, 2.24) is 5.32 Å². The zero-order chi connectivity index (χ0) is 11.8. The van der Waals surface area contributed by atoms with Crippen molar-refractivity contribution in [2.75, 3.05) is 5.33 Å². The van der Waals surface area contributed by atoms with Gasteiger partial charge < -0.3 is 5.32 Å². The summed E-state index contributed by atoms with van der Waals surface area (Å²) in [6.07, 6.45) is 9.62. The van der Waals surface area contributed by atoms with Gasteiger partial charge in [-0.25, -0.2) is 0 Å². The lowest BCUT2D eigenvalue weighted by molar-refractivity contribution is -0.122. The third-order valence-electron chi connectivity index (χ3n) is 3.45. The molecule has 1 unspecified atom stereocenters. The van der Waals surface area contributed by atoms with Gasteiger partial charge in [-0.15, -0.1) is 0 Å². The van der Waals surface area contributed by atoms with Crippen LogP contribution < -0.4 is 5.32 Å². The van der Waals surface area contributed by atoms with E-state index in [4.69, 9.17) is 0 Å². The molecule has 0 saturated heterocycles. The third-order valence-corrected chi connectivity index (χ3v) is 3.91. The topological polar surface area (TPSA) is 29.1 Å². The van der Waals surface area contributed by atoms with Gasteiger partial charge in [0.05, 0.1) is 0 Å². The Morgan fingerprint density at radius 1 is 1.38 bits per heavy atom. The van der Waals surface area contributed by atoms with Crippen molar-refractivity contribution in [1.29, 1.82) is 0 Å². The molecule has 1 amide bonds. The number of alkyl halides is 1. The fraction of sp³-hybridized carbons (Fsp3) is 0.923. The molecule has 0 heterocycles. The van der Waals surface area contributed by atoms with Gasteiger partial charge in [0.15, 0.2) is 0 Å². The molecule has 0 aromatic carbocycles. The SMILES string of the molecule is CC(CCBr)NC(=O)CCC1CCCCC1. The summed E-state index contributed by atoms with van der Waals surface area (Å²) in [7, 11) is 0. The first-order chi connectivity index (χ1) is 7.72. The van der Waals surface area contributed by atoms with E-state index in [1.165, 1.54) is 32.1 Å². The number of carbonyl (C=O) groups excluding carboxylic acids is 1. The summed E-state index contributed by atoms with van der Waals surface area (Å²) < 4.78 is 0. The second kappa shape index (κ2) is 8.10. The van der Waals surface area contributed by atoms with Crippen LogP contribution in [0.3, 0.4) is 0 Å². The number of amides is 1. The van der Waals surface area contributed by atoms with Crippen LogP contribution in [0.15, 0.2) is 0 Å². The number of halogens is 1. The normalized spacial score (nSPS) is 19.4. The Bertz CT molecular complexity index is 202. The first kappa shape index (κ1) is 14.0. The van der Waals surface area contributed by atoms with Gasteiger partial charge in [-0.3, -0.25) is 4.79 Å². The standard InChI is InChI=1S/C13H24BrNO/c1-11(9-10-14)15-13(16)8-7-12-5-3-2-4-6-12/h11-12H,2-10H2,1H3,(H,15,16). The molecule has 0 aromatic heterocycles. The van der Waals surface area contributed by atoms with Gasteiger partial charge in [0.25, 0.3) is 0 Å². The van der Waals surface area contributed by atoms with Crippen LogP contribution >= 0.6 is 15.9 Å². The minimum Gasteiger partial charge on any atom is -0.354 e. The fourth-order valence-electron chi connectivity index (χ4n) is 2.39. The van der Waals surface area contributed by atoms with Crippen LogP contribution in [0.5, 0.6) is 0 Å². The monoisotopic (exact) mass is 289 g/mol. The summed E-state index contributed by atoms with van der Waals surface area (Å²) >= 11 is 3.39. The predicted octanol–water partition coefficient (Wildman–Crippen LogP) is 3.64. The lowest BCUT2D eigenvalue weighted by Gasteiger charge is -2.21. The van der Waals surface area contributed by atoms with Crippen molar-refractivity contribution in [2.24, 2.45) is 5.92 Å². The summed E-state index contributed by atoms with van der Waals surface area (Å²) in [5.74, 6) is 1.05. The fourth-order valence-corrected chi connectivity index (χ4v) is 3.08. The van der Waals surface area contributed by atoms with Crippen molar-refractivity contribution >= 4 is 21.8 Å². The van der Waals surface area contributed by atoms with Crippen molar-refractivity contribution in [3.8, 4) is 0 Å². The van der Waals surface area contributed by atoms with E-state index in [9.17, 15) is 4.79 Å². The lowest BCUT2D eigenvalue weighted by atomic mass is 9.86. The van der Waals surface area contributed by atoms with Crippen LogP contribution in [-0.2, 0) is 4.79 Å². The van der Waals surface area contributed by atoms with E-state index >= 15 is 0 Å². The molecule has 0 bridgehead atoms. The van der Waals surface area contributed by atoms with E-state index < -0.39 is 0 Å². The summed E-state index contributed by atoms with van der Waals surface area (Å²) in [5, 5.41) is 4.01. The van der Waals surface area contributed by atoms with Crippen LogP contribution in [0.25, 0.3) is 0 Å². The van der Waals surface area contributed by atoms with Gasteiger partial charge in [0, 0.05) is 17.8 Å². The third kappa shape index (κ3) is 5.88. The Kier molecular flexibility index (Phi) is 7.10. The Labute approximate surface area is 108 Å². The average Bonchev–Trinajstić information content (AvgIpc) is 2.28. The van der Waals surface area contributed by atoms with Crippen LogP contribution in [0.4, 0.5) is 0 Å². The smallest absolute Gasteiger partial charge is 0.220 e. The zero-order valence-corrected chi connectivity index (χ0v) is 11.9. The van der Waals surface area contributed by atoms with Gasteiger partial charge in [0.1, 0.15) is 0 Å². The highest BCUT2D eigenvalue weighted by Gasteiger charge is 2.15. The quantitative estimate of drug-likeness (QED) is 0.743. The molecule has 94 valence electrons. The van der Waals surface area contributed by atoms with E-state index in [-0.39, 0.29) is 5.91 Å². The predicted molar refractivity (Wildman–Crippen MR) is 71.8 cm³/mol. The van der Waals surface area contributed by atoms with Crippen LogP contribution in [0.2, 0.25) is 0 Å². The van der Waals surface area contributed by atoms with E-state index in [0.29, 0.717) is 6.04 Å². The van der Waals surface area contributed by atoms with Crippen LogP contribution in [0, 0.1) is 5.92 Å². The molecule has 0 radical (unpaired) electrons. The maximum Gasteiger partial charge on any atom is 0.220 e. The van der Waals surface area contributed by atoms with Gasteiger partial charge in [0.2, 0.25) is 5.91 Å². The Balaban J connectivity index is 2.09. The minimum atomic E-state index is 0.235. The molecular formula is C13H24BrNO.